The molecule has 7 heteroatoms. The standard InChI is InChI=1S/C23H24ClN5O/c1-16-11-13-29(14-12-16)22-10-9-21(27-28-22)17-3-2-4-20(15-17)26-23(30)25-19-7-5-18(24)6-8-19/h2-10,15-16H,11-14H2,1H3,(H2,25,26,30). The molecule has 154 valence electrons. The summed E-state index contributed by atoms with van der Waals surface area (Å²) in [5.41, 5.74) is 3.01. The molecule has 1 aromatic heterocycles. The third-order valence-corrected chi connectivity index (χ3v) is 5.53. The van der Waals surface area contributed by atoms with Gasteiger partial charge in [-0.2, -0.15) is 0 Å². The van der Waals surface area contributed by atoms with Gasteiger partial charge in [-0.3, -0.25) is 0 Å². The Balaban J connectivity index is 1.41. The first kappa shape index (κ1) is 20.2. The van der Waals surface area contributed by atoms with Crippen molar-refractivity contribution in [2.75, 3.05) is 28.6 Å². The lowest BCUT2D eigenvalue weighted by molar-refractivity contribution is 0.262. The lowest BCUT2D eigenvalue weighted by atomic mass is 9.99. The van der Waals surface area contributed by atoms with Crippen LogP contribution < -0.4 is 15.5 Å². The van der Waals surface area contributed by atoms with E-state index >= 15 is 0 Å². The van der Waals surface area contributed by atoms with E-state index in [1.54, 1.807) is 24.3 Å². The maximum absolute atomic E-state index is 12.3. The number of nitrogens with zero attached hydrogens (tertiary/aromatic N) is 3. The number of aromatic nitrogens is 2. The van der Waals surface area contributed by atoms with Gasteiger partial charge in [0.15, 0.2) is 5.82 Å². The summed E-state index contributed by atoms with van der Waals surface area (Å²) < 4.78 is 0. The molecule has 3 aromatic rings. The van der Waals surface area contributed by atoms with Gasteiger partial charge >= 0.3 is 6.03 Å². The van der Waals surface area contributed by atoms with E-state index in [4.69, 9.17) is 11.6 Å². The molecule has 0 bridgehead atoms. The zero-order valence-electron chi connectivity index (χ0n) is 16.8. The number of benzene rings is 2. The first-order chi connectivity index (χ1) is 14.6. The second kappa shape index (κ2) is 9.13. The van der Waals surface area contributed by atoms with Gasteiger partial charge in [0, 0.05) is 35.1 Å². The molecule has 1 aliphatic rings. The highest BCUT2D eigenvalue weighted by atomic mass is 35.5. The quantitative estimate of drug-likeness (QED) is 0.568. The second-order valence-electron chi connectivity index (χ2n) is 7.61. The lowest BCUT2D eigenvalue weighted by Crippen LogP contribution is -2.33. The second-order valence-corrected chi connectivity index (χ2v) is 8.05. The Hall–Kier alpha value is -3.12. The van der Waals surface area contributed by atoms with Gasteiger partial charge in [-0.05, 0) is 67.3 Å². The number of piperidine rings is 1. The number of nitrogens with one attached hydrogen (secondary N) is 2. The summed E-state index contributed by atoms with van der Waals surface area (Å²) in [6.45, 7) is 4.34. The molecule has 30 heavy (non-hydrogen) atoms. The van der Waals surface area contributed by atoms with Crippen molar-refractivity contribution in [3.63, 3.8) is 0 Å². The van der Waals surface area contributed by atoms with Gasteiger partial charge in [-0.25, -0.2) is 4.79 Å². The van der Waals surface area contributed by atoms with E-state index in [0.29, 0.717) is 16.4 Å². The van der Waals surface area contributed by atoms with Crippen LogP contribution in [0.1, 0.15) is 19.8 Å². The number of hydrogen-bond acceptors (Lipinski definition) is 4. The highest BCUT2D eigenvalue weighted by Gasteiger charge is 2.17. The van der Waals surface area contributed by atoms with Crippen molar-refractivity contribution in [2.45, 2.75) is 19.8 Å². The molecule has 2 heterocycles. The van der Waals surface area contributed by atoms with Crippen LogP contribution >= 0.6 is 11.6 Å². The van der Waals surface area contributed by atoms with E-state index in [1.165, 1.54) is 12.8 Å². The largest absolute Gasteiger partial charge is 0.355 e. The monoisotopic (exact) mass is 421 g/mol. The molecule has 0 saturated carbocycles. The molecule has 0 atom stereocenters. The van der Waals surface area contributed by atoms with E-state index in [-0.39, 0.29) is 6.03 Å². The minimum absolute atomic E-state index is 0.324. The normalized spacial score (nSPS) is 14.4. The van der Waals surface area contributed by atoms with Crippen LogP contribution in [0.2, 0.25) is 5.02 Å². The third kappa shape index (κ3) is 5.07. The number of hydrogen-bond donors (Lipinski definition) is 2. The molecule has 0 spiro atoms. The van der Waals surface area contributed by atoms with Crippen LogP contribution in [0.5, 0.6) is 0 Å². The predicted octanol–water partition coefficient (Wildman–Crippen LogP) is 5.68. The van der Waals surface area contributed by atoms with Crippen LogP contribution in [0.4, 0.5) is 22.0 Å². The topological polar surface area (TPSA) is 70.2 Å². The Morgan fingerprint density at radius 1 is 0.967 bits per heavy atom. The Kier molecular flexibility index (Phi) is 6.14. The third-order valence-electron chi connectivity index (χ3n) is 5.28. The molecule has 1 saturated heterocycles. The van der Waals surface area contributed by atoms with Crippen LogP contribution in [0, 0.1) is 5.92 Å². The summed E-state index contributed by atoms with van der Waals surface area (Å²) in [7, 11) is 0. The smallest absolute Gasteiger partial charge is 0.323 e. The summed E-state index contributed by atoms with van der Waals surface area (Å²) in [5.74, 6) is 1.70. The average Bonchev–Trinajstić information content (AvgIpc) is 2.76. The molecule has 1 aliphatic heterocycles. The van der Waals surface area contributed by atoms with E-state index < -0.39 is 0 Å². The van der Waals surface area contributed by atoms with E-state index in [9.17, 15) is 4.79 Å². The van der Waals surface area contributed by atoms with Gasteiger partial charge in [0.2, 0.25) is 0 Å². The van der Waals surface area contributed by atoms with Crippen molar-refractivity contribution < 1.29 is 4.79 Å². The minimum atomic E-state index is -0.324. The van der Waals surface area contributed by atoms with Crippen LogP contribution in [0.15, 0.2) is 60.7 Å². The van der Waals surface area contributed by atoms with Crippen molar-refractivity contribution >= 4 is 34.8 Å². The number of carbonyl (C=O) groups excluding carboxylic acids is 1. The first-order valence-electron chi connectivity index (χ1n) is 10.1. The van der Waals surface area contributed by atoms with Crippen molar-refractivity contribution in [2.24, 2.45) is 5.92 Å². The Morgan fingerprint density at radius 2 is 1.70 bits per heavy atom. The molecule has 2 amide bonds. The fourth-order valence-corrected chi connectivity index (χ4v) is 3.59. The van der Waals surface area contributed by atoms with Crippen LogP contribution in [-0.2, 0) is 0 Å². The molecule has 0 aliphatic carbocycles. The molecular formula is C23H24ClN5O. The fraction of sp³-hybridized carbons (Fsp3) is 0.261. The Morgan fingerprint density at radius 3 is 2.40 bits per heavy atom. The van der Waals surface area contributed by atoms with Crippen molar-refractivity contribution in [1.29, 1.82) is 0 Å². The Bertz CT molecular complexity index is 999. The predicted molar refractivity (Wildman–Crippen MR) is 122 cm³/mol. The van der Waals surface area contributed by atoms with Crippen LogP contribution in [0.3, 0.4) is 0 Å². The number of rotatable bonds is 4. The van der Waals surface area contributed by atoms with Crippen LogP contribution in [-0.4, -0.2) is 29.3 Å². The SMILES string of the molecule is CC1CCN(c2ccc(-c3cccc(NC(=O)Nc4ccc(Cl)cc4)c3)nn2)CC1. The van der Waals surface area contributed by atoms with Crippen molar-refractivity contribution in [1.82, 2.24) is 10.2 Å². The summed E-state index contributed by atoms with van der Waals surface area (Å²) in [4.78, 5) is 14.6. The molecule has 4 rings (SSSR count). The van der Waals surface area contributed by atoms with E-state index in [0.717, 1.165) is 36.1 Å². The zero-order chi connectivity index (χ0) is 20.9. The van der Waals surface area contributed by atoms with Gasteiger partial charge in [-0.1, -0.05) is 30.7 Å². The number of carbonyl (C=O) groups is 1. The molecular weight excluding hydrogens is 398 g/mol. The van der Waals surface area contributed by atoms with E-state index in [1.807, 2.05) is 36.4 Å². The summed E-state index contributed by atoms with van der Waals surface area (Å²) >= 11 is 5.87. The summed E-state index contributed by atoms with van der Waals surface area (Å²) in [6, 6.07) is 18.2. The van der Waals surface area contributed by atoms with E-state index in [2.05, 4.69) is 32.7 Å². The molecule has 0 unspecified atom stereocenters. The van der Waals surface area contributed by atoms with Crippen molar-refractivity contribution in [3.05, 3.63) is 65.7 Å². The molecule has 6 nitrogen and oxygen atoms in total. The maximum Gasteiger partial charge on any atom is 0.323 e. The molecule has 2 aromatic carbocycles. The number of anilines is 3. The number of urea groups is 1. The van der Waals surface area contributed by atoms with Crippen molar-refractivity contribution in [3.8, 4) is 11.3 Å². The van der Waals surface area contributed by atoms with Gasteiger partial charge in [-0.15, -0.1) is 10.2 Å². The zero-order valence-corrected chi connectivity index (χ0v) is 17.6. The van der Waals surface area contributed by atoms with Gasteiger partial charge in [0.05, 0.1) is 5.69 Å². The van der Waals surface area contributed by atoms with Gasteiger partial charge in [0.25, 0.3) is 0 Å². The fourth-order valence-electron chi connectivity index (χ4n) is 3.47. The maximum atomic E-state index is 12.3. The minimum Gasteiger partial charge on any atom is -0.355 e. The average molecular weight is 422 g/mol. The van der Waals surface area contributed by atoms with Crippen LogP contribution in [0.25, 0.3) is 11.3 Å². The Labute approximate surface area is 181 Å². The van der Waals surface area contributed by atoms with Gasteiger partial charge in [0.1, 0.15) is 0 Å². The highest BCUT2D eigenvalue weighted by molar-refractivity contribution is 6.30. The lowest BCUT2D eigenvalue weighted by Gasteiger charge is -2.30. The first-order valence-corrected chi connectivity index (χ1v) is 10.5. The highest BCUT2D eigenvalue weighted by Crippen LogP contribution is 2.24. The van der Waals surface area contributed by atoms with Gasteiger partial charge < -0.3 is 15.5 Å². The molecule has 2 N–H and O–H groups in total. The summed E-state index contributed by atoms with van der Waals surface area (Å²) in [6.07, 6.45) is 2.38. The number of amides is 2. The molecule has 1 fully saturated rings. The number of halogens is 1. The molecule has 0 radical (unpaired) electrons. The summed E-state index contributed by atoms with van der Waals surface area (Å²) in [5, 5.41) is 15.1.